The fraction of sp³-hybridized carbons (Fsp3) is 0.200. The van der Waals surface area contributed by atoms with Crippen molar-refractivity contribution in [3.05, 3.63) is 46.9 Å². The Kier molecular flexibility index (Phi) is 4.18. The van der Waals surface area contributed by atoms with Crippen LogP contribution in [0.3, 0.4) is 0 Å². The molecule has 5 nitrogen and oxygen atoms in total. The lowest BCUT2D eigenvalue weighted by Gasteiger charge is -2.20. The summed E-state index contributed by atoms with van der Waals surface area (Å²) in [6.07, 6.45) is 3.92. The number of alkyl halides is 1. The zero-order chi connectivity index (χ0) is 15.9. The third-order valence-corrected chi connectivity index (χ3v) is 7.14. The first-order chi connectivity index (χ1) is 10.5. The lowest BCUT2D eigenvalue weighted by molar-refractivity contribution is 0.0685. The molecule has 0 radical (unpaired) electrons. The molecule has 1 amide bonds. The molecule has 0 unspecified atom stereocenters. The van der Waals surface area contributed by atoms with Crippen LogP contribution < -0.4 is 0 Å². The van der Waals surface area contributed by atoms with Gasteiger partial charge in [-0.25, -0.2) is 4.79 Å². The van der Waals surface area contributed by atoms with Gasteiger partial charge in [-0.1, -0.05) is 18.7 Å². The van der Waals surface area contributed by atoms with E-state index in [0.717, 1.165) is 17.0 Å². The fourth-order valence-electron chi connectivity index (χ4n) is 2.64. The topological polar surface area (TPSA) is 62.5 Å². The third-order valence-electron chi connectivity index (χ3n) is 3.62. The van der Waals surface area contributed by atoms with Crippen LogP contribution >= 0.6 is 31.5 Å². The molecule has 0 fully saturated rings. The van der Waals surface area contributed by atoms with Gasteiger partial charge in [0.15, 0.2) is 0 Å². The Morgan fingerprint density at radius 1 is 1.32 bits per heavy atom. The summed E-state index contributed by atoms with van der Waals surface area (Å²) in [4.78, 5) is 27.1. The molecule has 0 aliphatic carbocycles. The van der Waals surface area contributed by atoms with Crippen LogP contribution in [0.4, 0.5) is 4.79 Å². The second kappa shape index (κ2) is 5.96. The lowest BCUT2D eigenvalue weighted by Crippen LogP contribution is -2.24. The molecule has 0 spiro atoms. The minimum absolute atomic E-state index is 0.248. The molecule has 1 N–H and O–H groups in total. The average Bonchev–Trinajstić information content (AvgIpc) is 2.65. The van der Waals surface area contributed by atoms with E-state index < -0.39 is 24.8 Å². The van der Waals surface area contributed by atoms with Gasteiger partial charge in [0.1, 0.15) is 5.69 Å². The van der Waals surface area contributed by atoms with Gasteiger partial charge in [-0.2, -0.15) is 18.9 Å². The molecule has 0 saturated carbocycles. The van der Waals surface area contributed by atoms with Crippen molar-refractivity contribution >= 4 is 50.7 Å². The monoisotopic (exact) mass is 430 g/mol. The molecular formula is C15H15IN2O3S. The van der Waals surface area contributed by atoms with Gasteiger partial charge in [0, 0.05) is 11.3 Å². The Balaban J connectivity index is 2.21. The standard InChI is InChI=1S/C15H15IN2O3S/c1-16-6-2-3-12-10(7-16)8-17-11(9-18(12)15(21)22)4-5-13(17)14(19)20/h2-7H,8-9H2,1H3,(H,19,20)(H,21,22). The highest BCUT2D eigenvalue weighted by Crippen LogP contribution is 2.27. The van der Waals surface area contributed by atoms with Crippen molar-refractivity contribution in [2.75, 3.05) is 4.93 Å². The molecule has 2 aliphatic rings. The van der Waals surface area contributed by atoms with E-state index in [1.54, 1.807) is 21.6 Å². The second-order valence-electron chi connectivity index (χ2n) is 5.04. The molecule has 0 saturated heterocycles. The second-order valence-corrected chi connectivity index (χ2v) is 9.97. The van der Waals surface area contributed by atoms with Crippen molar-refractivity contribution in [1.29, 1.82) is 0 Å². The molecule has 22 heavy (non-hydrogen) atoms. The van der Waals surface area contributed by atoms with Gasteiger partial charge in [0.25, 0.3) is 5.24 Å². The zero-order valence-electron chi connectivity index (χ0n) is 11.9. The summed E-state index contributed by atoms with van der Waals surface area (Å²) in [6.45, 7) is 0.793. The van der Waals surface area contributed by atoms with Gasteiger partial charge in [-0.15, -0.1) is 0 Å². The minimum atomic E-state index is -1.34. The maximum Gasteiger partial charge on any atom is 0.352 e. The van der Waals surface area contributed by atoms with Gasteiger partial charge >= 0.3 is 5.97 Å². The van der Waals surface area contributed by atoms with Crippen molar-refractivity contribution in [3.8, 4) is 0 Å². The number of amides is 1. The first kappa shape index (κ1) is 15.4. The number of carboxylic acids is 1. The van der Waals surface area contributed by atoms with E-state index in [4.69, 9.17) is 0 Å². The van der Waals surface area contributed by atoms with Crippen LogP contribution in [0.25, 0.3) is 0 Å². The Hall–Kier alpha value is -1.48. The highest BCUT2D eigenvalue weighted by Gasteiger charge is 2.25. The van der Waals surface area contributed by atoms with Crippen molar-refractivity contribution in [2.45, 2.75) is 13.1 Å². The number of nitrogens with zero attached hydrogens (tertiary/aromatic N) is 2. The quantitative estimate of drug-likeness (QED) is 0.409. The first-order valence-electron chi connectivity index (χ1n) is 6.56. The smallest absolute Gasteiger partial charge is 0.352 e. The Labute approximate surface area is 139 Å². The fourth-order valence-corrected chi connectivity index (χ4v) is 5.59. The summed E-state index contributed by atoms with van der Waals surface area (Å²) in [5.74, 6) is -0.957. The van der Waals surface area contributed by atoms with Gasteiger partial charge in [0.05, 0.1) is 18.8 Å². The number of halogens is 1. The molecule has 0 atom stereocenters. The van der Waals surface area contributed by atoms with Gasteiger partial charge < -0.3 is 9.67 Å². The van der Waals surface area contributed by atoms with Crippen LogP contribution in [0.5, 0.6) is 0 Å². The maximum absolute atomic E-state index is 11.9. The number of hydrogen-bond acceptors (Lipinski definition) is 2. The Bertz CT molecular complexity index is 826. The summed E-state index contributed by atoms with van der Waals surface area (Å²) >= 11 is 2.64. The van der Waals surface area contributed by atoms with E-state index >= 15 is 0 Å². The number of aromatic nitrogens is 1. The number of carboxylic acid groups (broad SMARTS) is 1. The van der Waals surface area contributed by atoms with Crippen LogP contribution in [-0.2, 0) is 13.1 Å². The van der Waals surface area contributed by atoms with E-state index in [0.29, 0.717) is 13.1 Å². The number of fused-ring (bicyclic) bond motifs is 1. The van der Waals surface area contributed by atoms with E-state index in [-0.39, 0.29) is 10.9 Å². The zero-order valence-corrected chi connectivity index (χ0v) is 14.9. The van der Waals surface area contributed by atoms with Crippen molar-refractivity contribution < 1.29 is 14.7 Å². The molecule has 7 heteroatoms. The number of hydrogen-bond donors (Lipinski definition) is 2. The summed E-state index contributed by atoms with van der Waals surface area (Å²) in [5.41, 5.74) is 2.86. The predicted molar refractivity (Wildman–Crippen MR) is 99.6 cm³/mol. The van der Waals surface area contributed by atoms with Crippen molar-refractivity contribution in [3.63, 3.8) is 0 Å². The molecule has 3 heterocycles. The lowest BCUT2D eigenvalue weighted by atomic mass is 10.2. The molecular weight excluding hydrogens is 415 g/mol. The number of rotatable bonds is 1. The summed E-state index contributed by atoms with van der Waals surface area (Å²) in [5, 5.41) is 9.01. The van der Waals surface area contributed by atoms with Gasteiger partial charge in [-0.05, 0) is 31.2 Å². The molecule has 0 bridgehead atoms. The maximum atomic E-state index is 11.9. The Morgan fingerprint density at radius 3 is 2.77 bits per heavy atom. The van der Waals surface area contributed by atoms with Crippen LogP contribution in [0, 0.1) is 0 Å². The van der Waals surface area contributed by atoms with Gasteiger partial charge in [0.2, 0.25) is 0 Å². The summed E-state index contributed by atoms with van der Waals surface area (Å²) < 4.78 is 6.17. The van der Waals surface area contributed by atoms with Crippen LogP contribution in [-0.4, -0.2) is 38.7 Å². The minimum Gasteiger partial charge on any atom is -0.477 e. The molecule has 3 rings (SSSR count). The van der Waals surface area contributed by atoms with Crippen molar-refractivity contribution in [1.82, 2.24) is 9.47 Å². The van der Waals surface area contributed by atoms with E-state index in [9.17, 15) is 14.7 Å². The SMILES string of the molecule is CI1=CC=CC2=C(C=1)Cn1c(ccc1C(=O)O)CN2C(=O)S. The molecule has 1 aromatic heterocycles. The van der Waals surface area contributed by atoms with Crippen LogP contribution in [0.15, 0.2) is 35.6 Å². The summed E-state index contributed by atoms with van der Waals surface area (Å²) in [6, 6.07) is 3.35. The molecule has 2 aliphatic heterocycles. The molecule has 0 aromatic carbocycles. The largest absolute Gasteiger partial charge is 0.477 e. The molecule has 1 aromatic rings. The summed E-state index contributed by atoms with van der Waals surface area (Å²) in [7, 11) is 0. The van der Waals surface area contributed by atoms with Crippen LogP contribution in [0.2, 0.25) is 0 Å². The van der Waals surface area contributed by atoms with Crippen LogP contribution in [0.1, 0.15) is 16.2 Å². The normalized spacial score (nSPS) is 17.8. The molecule has 116 valence electrons. The number of aromatic carboxylic acids is 1. The third kappa shape index (κ3) is 2.74. The van der Waals surface area contributed by atoms with E-state index in [2.05, 4.69) is 25.6 Å². The number of thiol groups is 1. The Morgan fingerprint density at radius 2 is 2.09 bits per heavy atom. The van der Waals surface area contributed by atoms with Gasteiger partial charge in [-0.3, -0.25) is 9.69 Å². The highest BCUT2D eigenvalue weighted by molar-refractivity contribution is 14.2. The number of allylic oxidation sites excluding steroid dienone is 3. The average molecular weight is 430 g/mol. The first-order valence-corrected chi connectivity index (χ1v) is 11.7. The number of carbonyl (C=O) groups excluding carboxylic acids is 1. The predicted octanol–water partition coefficient (Wildman–Crippen LogP) is 2.62. The number of carbonyl (C=O) groups is 2. The van der Waals surface area contributed by atoms with E-state index in [1.165, 1.54) is 0 Å². The van der Waals surface area contributed by atoms with E-state index in [1.807, 2.05) is 12.2 Å². The highest BCUT2D eigenvalue weighted by atomic mass is 127. The van der Waals surface area contributed by atoms with Crippen molar-refractivity contribution in [2.24, 2.45) is 0 Å².